The summed E-state index contributed by atoms with van der Waals surface area (Å²) in [6.07, 6.45) is 0. The Balaban J connectivity index is 2.87. The largest absolute Gasteiger partial charge is 0.295 e. The van der Waals surface area contributed by atoms with Crippen LogP contribution in [0.15, 0.2) is 21.9 Å². The third-order valence-electron chi connectivity index (χ3n) is 1.88. The number of hydrogen-bond donors (Lipinski definition) is 2. The Morgan fingerprint density at radius 1 is 1.47 bits per heavy atom. The fraction of sp³-hybridized carbons (Fsp3) is 0.125. The van der Waals surface area contributed by atoms with E-state index in [2.05, 4.69) is 17.6 Å². The molecule has 0 spiro atoms. The lowest BCUT2D eigenvalue weighted by Gasteiger charge is -2.00. The lowest BCUT2D eigenvalue weighted by molar-refractivity contribution is 0.481. The molecule has 1 heterocycles. The second-order valence-electron chi connectivity index (χ2n) is 2.97. The zero-order chi connectivity index (χ0) is 11.2. The van der Waals surface area contributed by atoms with Gasteiger partial charge in [-0.05, 0) is 19.1 Å². The molecule has 7 heteroatoms. The second-order valence-corrected chi connectivity index (χ2v) is 6.04. The van der Waals surface area contributed by atoms with Crippen LogP contribution < -0.4 is 0 Å². The molecule has 0 bridgehead atoms. The molecule has 2 aromatic rings. The predicted molar refractivity (Wildman–Crippen MR) is 61.4 cm³/mol. The van der Waals surface area contributed by atoms with Crippen molar-refractivity contribution in [3.63, 3.8) is 0 Å². The SMILES string of the molecule is Cc1nc2c(S)c(S(=O)(=O)O)ccc2s1. The Morgan fingerprint density at radius 3 is 2.73 bits per heavy atom. The summed E-state index contributed by atoms with van der Waals surface area (Å²) in [4.78, 5) is 4.14. The lowest BCUT2D eigenvalue weighted by Crippen LogP contribution is -1.99. The van der Waals surface area contributed by atoms with Crippen molar-refractivity contribution in [2.75, 3.05) is 0 Å². The van der Waals surface area contributed by atoms with Crippen LogP contribution in [-0.2, 0) is 10.1 Å². The predicted octanol–water partition coefficient (Wildman–Crippen LogP) is 2.14. The molecule has 0 unspecified atom stereocenters. The van der Waals surface area contributed by atoms with E-state index in [9.17, 15) is 8.42 Å². The normalized spacial score (nSPS) is 12.2. The minimum Gasteiger partial charge on any atom is -0.282 e. The van der Waals surface area contributed by atoms with E-state index in [1.165, 1.54) is 17.4 Å². The first-order valence-electron chi connectivity index (χ1n) is 3.96. The molecule has 80 valence electrons. The van der Waals surface area contributed by atoms with Gasteiger partial charge in [0.25, 0.3) is 10.1 Å². The van der Waals surface area contributed by atoms with Crippen molar-refractivity contribution in [3.05, 3.63) is 17.1 Å². The van der Waals surface area contributed by atoms with Crippen LogP contribution in [0.25, 0.3) is 10.2 Å². The van der Waals surface area contributed by atoms with E-state index < -0.39 is 10.1 Å². The van der Waals surface area contributed by atoms with Crippen molar-refractivity contribution in [3.8, 4) is 0 Å². The number of aryl methyl sites for hydroxylation is 1. The fourth-order valence-electron chi connectivity index (χ4n) is 1.28. The second kappa shape index (κ2) is 3.44. The van der Waals surface area contributed by atoms with Crippen molar-refractivity contribution in [1.82, 2.24) is 4.98 Å². The first-order valence-corrected chi connectivity index (χ1v) is 6.66. The number of thiol groups is 1. The Morgan fingerprint density at radius 2 is 2.13 bits per heavy atom. The highest BCUT2D eigenvalue weighted by Gasteiger charge is 2.17. The molecule has 0 aliphatic carbocycles. The molecular weight excluding hydrogens is 254 g/mol. The smallest absolute Gasteiger partial charge is 0.282 e. The summed E-state index contributed by atoms with van der Waals surface area (Å²) < 4.78 is 31.8. The van der Waals surface area contributed by atoms with E-state index in [0.29, 0.717) is 5.52 Å². The maximum absolute atomic E-state index is 11.0. The number of nitrogens with zero attached hydrogens (tertiary/aromatic N) is 1. The average Bonchev–Trinajstić information content (AvgIpc) is 2.44. The molecule has 1 N–H and O–H groups in total. The molecule has 0 aliphatic rings. The number of benzene rings is 1. The van der Waals surface area contributed by atoms with Gasteiger partial charge in [-0.2, -0.15) is 8.42 Å². The summed E-state index contributed by atoms with van der Waals surface area (Å²) in [6, 6.07) is 2.94. The maximum atomic E-state index is 11.0. The van der Waals surface area contributed by atoms with Crippen LogP contribution in [0.1, 0.15) is 5.01 Å². The van der Waals surface area contributed by atoms with Gasteiger partial charge in [-0.3, -0.25) is 4.55 Å². The highest BCUT2D eigenvalue weighted by atomic mass is 32.2. The van der Waals surface area contributed by atoms with Gasteiger partial charge in [0.2, 0.25) is 0 Å². The molecule has 0 fully saturated rings. The molecule has 4 nitrogen and oxygen atoms in total. The van der Waals surface area contributed by atoms with Gasteiger partial charge in [0.05, 0.1) is 20.1 Å². The highest BCUT2D eigenvalue weighted by Crippen LogP contribution is 2.31. The van der Waals surface area contributed by atoms with Crippen molar-refractivity contribution in [2.45, 2.75) is 16.7 Å². The summed E-state index contributed by atoms with van der Waals surface area (Å²) in [5.41, 5.74) is 0.510. The monoisotopic (exact) mass is 261 g/mol. The van der Waals surface area contributed by atoms with Crippen LogP contribution in [0.4, 0.5) is 0 Å². The Bertz CT molecular complexity index is 630. The van der Waals surface area contributed by atoms with Crippen molar-refractivity contribution < 1.29 is 13.0 Å². The van der Waals surface area contributed by atoms with E-state index in [0.717, 1.165) is 9.71 Å². The summed E-state index contributed by atoms with van der Waals surface area (Å²) in [5, 5.41) is 0.827. The zero-order valence-corrected chi connectivity index (χ0v) is 10.2. The van der Waals surface area contributed by atoms with E-state index in [-0.39, 0.29) is 9.79 Å². The van der Waals surface area contributed by atoms with E-state index >= 15 is 0 Å². The van der Waals surface area contributed by atoms with Crippen LogP contribution in [0.3, 0.4) is 0 Å². The molecule has 0 radical (unpaired) electrons. The molecule has 0 saturated heterocycles. The first-order chi connectivity index (χ1) is 6.89. The number of hydrogen-bond acceptors (Lipinski definition) is 5. The molecule has 0 aliphatic heterocycles. The highest BCUT2D eigenvalue weighted by molar-refractivity contribution is 7.87. The summed E-state index contributed by atoms with van der Waals surface area (Å²) >= 11 is 5.52. The Hall–Kier alpha value is -0.630. The molecule has 0 amide bonds. The number of fused-ring (bicyclic) bond motifs is 1. The third-order valence-corrected chi connectivity index (χ3v) is 4.32. The molecule has 2 rings (SSSR count). The van der Waals surface area contributed by atoms with Crippen molar-refractivity contribution >= 4 is 44.3 Å². The summed E-state index contributed by atoms with van der Waals surface area (Å²) in [5.74, 6) is 0. The Labute approximate surface area is 96.1 Å². The summed E-state index contributed by atoms with van der Waals surface area (Å²) in [7, 11) is -4.23. The molecule has 0 atom stereocenters. The van der Waals surface area contributed by atoms with E-state index in [4.69, 9.17) is 4.55 Å². The molecule has 0 saturated carbocycles. The minimum absolute atomic E-state index is 0.194. The Kier molecular flexibility index (Phi) is 2.50. The van der Waals surface area contributed by atoms with Crippen LogP contribution >= 0.6 is 24.0 Å². The van der Waals surface area contributed by atoms with Crippen LogP contribution in [0, 0.1) is 6.92 Å². The maximum Gasteiger partial charge on any atom is 0.295 e. The van der Waals surface area contributed by atoms with Gasteiger partial charge in [0, 0.05) is 0 Å². The van der Waals surface area contributed by atoms with Gasteiger partial charge in [0.1, 0.15) is 4.90 Å². The third kappa shape index (κ3) is 1.87. The number of rotatable bonds is 1. The number of aromatic nitrogens is 1. The quantitative estimate of drug-likeness (QED) is 0.609. The van der Waals surface area contributed by atoms with Crippen LogP contribution in [-0.4, -0.2) is 18.0 Å². The average molecular weight is 261 g/mol. The van der Waals surface area contributed by atoms with Crippen LogP contribution in [0.5, 0.6) is 0 Å². The molecule has 1 aromatic heterocycles. The van der Waals surface area contributed by atoms with Gasteiger partial charge >= 0.3 is 0 Å². The standard InChI is InChI=1S/C8H7NO3S3/c1-4-9-7-5(14-4)2-3-6(8(7)13)15(10,11)12/h2-3,13H,1H3,(H,10,11,12). The van der Waals surface area contributed by atoms with E-state index in [1.54, 1.807) is 6.07 Å². The van der Waals surface area contributed by atoms with Crippen molar-refractivity contribution in [1.29, 1.82) is 0 Å². The molecule has 1 aromatic carbocycles. The van der Waals surface area contributed by atoms with Crippen molar-refractivity contribution in [2.24, 2.45) is 0 Å². The first kappa shape index (κ1) is 10.9. The molecule has 15 heavy (non-hydrogen) atoms. The topological polar surface area (TPSA) is 67.3 Å². The summed E-state index contributed by atoms with van der Waals surface area (Å²) in [6.45, 7) is 1.82. The van der Waals surface area contributed by atoms with Gasteiger partial charge in [-0.15, -0.1) is 24.0 Å². The van der Waals surface area contributed by atoms with E-state index in [1.807, 2.05) is 6.92 Å². The zero-order valence-electron chi connectivity index (χ0n) is 7.63. The minimum atomic E-state index is -4.23. The lowest BCUT2D eigenvalue weighted by atomic mass is 10.3. The van der Waals surface area contributed by atoms with Gasteiger partial charge in [-0.25, -0.2) is 4.98 Å². The number of thiazole rings is 1. The van der Waals surface area contributed by atoms with Gasteiger partial charge < -0.3 is 0 Å². The molecular formula is C8H7NO3S3. The van der Waals surface area contributed by atoms with Gasteiger partial charge in [0.15, 0.2) is 0 Å². The van der Waals surface area contributed by atoms with Gasteiger partial charge in [-0.1, -0.05) is 0 Å². The van der Waals surface area contributed by atoms with Crippen LogP contribution in [0.2, 0.25) is 0 Å². The fourth-order valence-corrected chi connectivity index (χ4v) is 3.36.